The van der Waals surface area contributed by atoms with E-state index in [4.69, 9.17) is 6.42 Å². The number of hydrogen-bond acceptors (Lipinski definition) is 2. The number of aromatic nitrogens is 2. The van der Waals surface area contributed by atoms with Gasteiger partial charge in [0.1, 0.15) is 11.3 Å². The summed E-state index contributed by atoms with van der Waals surface area (Å²) in [7, 11) is 1.34. The molecule has 0 bridgehead atoms. The van der Waals surface area contributed by atoms with Crippen LogP contribution in [0.4, 0.5) is 13.2 Å². The molecule has 0 aromatic carbocycles. The van der Waals surface area contributed by atoms with Gasteiger partial charge in [-0.3, -0.25) is 9.20 Å². The molecule has 2 aromatic rings. The average molecular weight is 295 g/mol. The van der Waals surface area contributed by atoms with Crippen LogP contribution in [0.25, 0.3) is 5.65 Å². The summed E-state index contributed by atoms with van der Waals surface area (Å²) < 4.78 is 40.5. The summed E-state index contributed by atoms with van der Waals surface area (Å²) in [6, 6.07) is 3.06. The van der Waals surface area contributed by atoms with Gasteiger partial charge in [-0.15, -0.1) is 6.42 Å². The monoisotopic (exact) mass is 295 g/mol. The summed E-state index contributed by atoms with van der Waals surface area (Å²) in [5.74, 6) is 1.40. The smallest absolute Gasteiger partial charge is 0.329 e. The molecule has 110 valence electrons. The molecule has 0 N–H and O–H groups in total. The minimum atomic E-state index is -4.72. The number of rotatable bonds is 2. The van der Waals surface area contributed by atoms with Crippen LogP contribution < -0.4 is 0 Å². The normalized spacial score (nSPS) is 11.4. The molecule has 1 amide bonds. The lowest BCUT2D eigenvalue weighted by atomic mass is 10.2. The molecule has 2 aromatic heterocycles. The van der Waals surface area contributed by atoms with Gasteiger partial charge in [0, 0.05) is 13.2 Å². The molecule has 0 atom stereocenters. The number of nitrogens with zero attached hydrogens (tertiary/aromatic N) is 3. The van der Waals surface area contributed by atoms with Crippen molar-refractivity contribution in [2.45, 2.75) is 13.1 Å². The predicted octanol–water partition coefficient (Wildman–Crippen LogP) is 2.37. The molecule has 0 aliphatic heterocycles. The number of alkyl halides is 3. The summed E-state index contributed by atoms with van der Waals surface area (Å²) in [5, 5.41) is 0. The van der Waals surface area contributed by atoms with Gasteiger partial charge in [0.2, 0.25) is 0 Å². The Kier molecular flexibility index (Phi) is 3.64. The van der Waals surface area contributed by atoms with Gasteiger partial charge in [0.25, 0.3) is 5.91 Å². The molecule has 0 aliphatic carbocycles. The topological polar surface area (TPSA) is 37.6 Å². The first-order valence-electron chi connectivity index (χ1n) is 6.00. The largest absolute Gasteiger partial charge is 0.435 e. The van der Waals surface area contributed by atoms with E-state index in [1.54, 1.807) is 13.0 Å². The fraction of sp³-hybridized carbons (Fsp3) is 0.286. The van der Waals surface area contributed by atoms with Gasteiger partial charge < -0.3 is 4.90 Å². The number of halogens is 3. The van der Waals surface area contributed by atoms with E-state index in [9.17, 15) is 18.0 Å². The number of pyridine rings is 1. The third-order valence-electron chi connectivity index (χ3n) is 2.91. The van der Waals surface area contributed by atoms with Crippen LogP contribution in [-0.2, 0) is 6.18 Å². The predicted molar refractivity (Wildman–Crippen MR) is 70.7 cm³/mol. The van der Waals surface area contributed by atoms with Crippen LogP contribution in [0.3, 0.4) is 0 Å². The Morgan fingerprint density at radius 3 is 2.71 bits per heavy atom. The van der Waals surface area contributed by atoms with Crippen molar-refractivity contribution in [1.29, 1.82) is 0 Å². The molecule has 0 radical (unpaired) electrons. The van der Waals surface area contributed by atoms with Crippen molar-refractivity contribution in [3.8, 4) is 12.3 Å². The second-order valence-corrected chi connectivity index (χ2v) is 4.61. The Hall–Kier alpha value is -2.49. The van der Waals surface area contributed by atoms with E-state index in [1.165, 1.54) is 19.3 Å². The van der Waals surface area contributed by atoms with Gasteiger partial charge in [-0.1, -0.05) is 12.0 Å². The van der Waals surface area contributed by atoms with Crippen LogP contribution in [0, 0.1) is 19.3 Å². The van der Waals surface area contributed by atoms with Crippen LogP contribution in [0.2, 0.25) is 0 Å². The van der Waals surface area contributed by atoms with Gasteiger partial charge in [0.05, 0.1) is 6.54 Å². The first-order chi connectivity index (χ1) is 9.75. The van der Waals surface area contributed by atoms with E-state index in [0.29, 0.717) is 5.56 Å². The highest BCUT2D eigenvalue weighted by atomic mass is 19.4. The molecule has 0 saturated heterocycles. The van der Waals surface area contributed by atoms with E-state index >= 15 is 0 Å². The molecule has 2 rings (SSSR count). The number of carbonyl (C=O) groups excluding carboxylic acids is 1. The minimum Gasteiger partial charge on any atom is -0.329 e. The highest BCUT2D eigenvalue weighted by Crippen LogP contribution is 2.32. The van der Waals surface area contributed by atoms with E-state index in [1.807, 2.05) is 0 Å². The molecule has 0 fully saturated rings. The first kappa shape index (κ1) is 14.9. The Labute approximate surface area is 119 Å². The van der Waals surface area contributed by atoms with Gasteiger partial charge in [-0.05, 0) is 18.6 Å². The second-order valence-electron chi connectivity index (χ2n) is 4.61. The van der Waals surface area contributed by atoms with Crippen LogP contribution in [0.15, 0.2) is 18.3 Å². The zero-order valence-electron chi connectivity index (χ0n) is 11.4. The van der Waals surface area contributed by atoms with E-state index in [0.717, 1.165) is 9.30 Å². The SMILES string of the molecule is C#CCN(C)C(=O)c1c(C(F)(F)F)nc2ccc(C)cn12. The van der Waals surface area contributed by atoms with Gasteiger partial charge in [-0.2, -0.15) is 13.2 Å². The second kappa shape index (κ2) is 5.13. The van der Waals surface area contributed by atoms with Crippen molar-refractivity contribution >= 4 is 11.6 Å². The number of hydrogen-bond donors (Lipinski definition) is 0. The van der Waals surface area contributed by atoms with Crippen molar-refractivity contribution in [2.24, 2.45) is 0 Å². The number of fused-ring (bicyclic) bond motifs is 1. The maximum atomic E-state index is 13.1. The molecule has 4 nitrogen and oxygen atoms in total. The standard InChI is InChI=1S/C14H12F3N3O/c1-4-7-19(3)13(21)11-12(14(15,16)17)18-10-6-5-9(2)8-20(10)11/h1,5-6,8H,7H2,2-3H3. The van der Waals surface area contributed by atoms with Crippen LogP contribution in [0.5, 0.6) is 0 Å². The molecule has 7 heteroatoms. The van der Waals surface area contributed by atoms with Gasteiger partial charge in [0.15, 0.2) is 5.69 Å². The molecule has 0 saturated carbocycles. The fourth-order valence-corrected chi connectivity index (χ4v) is 1.94. The molecular weight excluding hydrogens is 283 g/mol. The average Bonchev–Trinajstić information content (AvgIpc) is 2.76. The lowest BCUT2D eigenvalue weighted by molar-refractivity contribution is -0.141. The van der Waals surface area contributed by atoms with E-state index in [-0.39, 0.29) is 12.2 Å². The first-order valence-corrected chi connectivity index (χ1v) is 6.00. The van der Waals surface area contributed by atoms with Crippen molar-refractivity contribution in [3.05, 3.63) is 35.3 Å². The summed E-state index contributed by atoms with van der Waals surface area (Å²) >= 11 is 0. The maximum absolute atomic E-state index is 13.1. The van der Waals surface area contributed by atoms with E-state index < -0.39 is 23.5 Å². The summed E-state index contributed by atoms with van der Waals surface area (Å²) in [5.41, 5.74) is -0.964. The van der Waals surface area contributed by atoms with Crippen molar-refractivity contribution < 1.29 is 18.0 Å². The molecule has 0 unspecified atom stereocenters. The van der Waals surface area contributed by atoms with Gasteiger partial charge >= 0.3 is 6.18 Å². The number of carbonyl (C=O) groups is 1. The Morgan fingerprint density at radius 2 is 2.14 bits per heavy atom. The van der Waals surface area contributed by atoms with Crippen LogP contribution in [-0.4, -0.2) is 33.8 Å². The molecule has 2 heterocycles. The third-order valence-corrected chi connectivity index (χ3v) is 2.91. The lowest BCUT2D eigenvalue weighted by Gasteiger charge is -2.15. The Bertz CT molecular complexity index is 740. The fourth-order valence-electron chi connectivity index (χ4n) is 1.94. The highest BCUT2D eigenvalue weighted by molar-refractivity contribution is 5.95. The van der Waals surface area contributed by atoms with Crippen LogP contribution in [0.1, 0.15) is 21.7 Å². The maximum Gasteiger partial charge on any atom is 0.435 e. The molecule has 21 heavy (non-hydrogen) atoms. The lowest BCUT2D eigenvalue weighted by Crippen LogP contribution is -2.30. The Balaban J connectivity index is 2.71. The van der Waals surface area contributed by atoms with Crippen molar-refractivity contribution in [2.75, 3.05) is 13.6 Å². The molecular formula is C14H12F3N3O. The quantitative estimate of drug-likeness (QED) is 0.798. The summed E-state index contributed by atoms with van der Waals surface area (Å²) in [6.07, 6.45) is 1.81. The summed E-state index contributed by atoms with van der Waals surface area (Å²) in [6.45, 7) is 1.63. The number of aryl methyl sites for hydroxylation is 1. The number of terminal acetylenes is 1. The molecule has 0 aliphatic rings. The zero-order valence-corrected chi connectivity index (χ0v) is 11.4. The number of imidazole rings is 1. The van der Waals surface area contributed by atoms with Crippen molar-refractivity contribution in [1.82, 2.24) is 14.3 Å². The van der Waals surface area contributed by atoms with Gasteiger partial charge in [-0.25, -0.2) is 4.98 Å². The number of amides is 1. The summed E-state index contributed by atoms with van der Waals surface area (Å²) in [4.78, 5) is 16.8. The van der Waals surface area contributed by atoms with Crippen molar-refractivity contribution in [3.63, 3.8) is 0 Å². The van der Waals surface area contributed by atoms with Crippen LogP contribution >= 0.6 is 0 Å². The highest BCUT2D eigenvalue weighted by Gasteiger charge is 2.40. The Morgan fingerprint density at radius 1 is 1.48 bits per heavy atom. The van der Waals surface area contributed by atoms with E-state index in [2.05, 4.69) is 10.9 Å². The third kappa shape index (κ3) is 2.70. The molecule has 0 spiro atoms. The zero-order chi connectivity index (χ0) is 15.8. The minimum absolute atomic E-state index is 0.0605.